The molecular formula is C10H15F6N3O2. The molecule has 0 bridgehead atoms. The molecule has 1 N–H and O–H groups in total. The van der Waals surface area contributed by atoms with Gasteiger partial charge in [0.1, 0.15) is 13.1 Å². The molecule has 21 heavy (non-hydrogen) atoms. The Morgan fingerprint density at radius 1 is 0.952 bits per heavy atom. The smallest absolute Gasteiger partial charge is 0.347 e. The molecule has 0 heterocycles. The molecule has 0 radical (unpaired) electrons. The zero-order chi connectivity index (χ0) is 16.8. The second-order valence-electron chi connectivity index (χ2n) is 4.37. The molecule has 0 fully saturated rings. The van der Waals surface area contributed by atoms with Crippen LogP contribution in [0.1, 0.15) is 0 Å². The number of amides is 2. The normalized spacial score (nSPS) is 12.2. The van der Waals surface area contributed by atoms with Gasteiger partial charge in [-0.05, 0) is 0 Å². The Bertz CT molecular complexity index is 367. The minimum absolute atomic E-state index is 0.158. The van der Waals surface area contributed by atoms with Crippen molar-refractivity contribution in [3.8, 4) is 0 Å². The quantitative estimate of drug-likeness (QED) is 0.729. The number of hydrogen-bond acceptors (Lipinski definition) is 3. The highest BCUT2D eigenvalue weighted by Crippen LogP contribution is 2.17. The van der Waals surface area contributed by atoms with Crippen molar-refractivity contribution in [2.24, 2.45) is 0 Å². The van der Waals surface area contributed by atoms with Crippen molar-refractivity contribution in [3.05, 3.63) is 0 Å². The predicted octanol–water partition coefficient (Wildman–Crippen LogP) is 0.617. The van der Waals surface area contributed by atoms with E-state index >= 15 is 0 Å². The number of halogens is 6. The van der Waals surface area contributed by atoms with Crippen molar-refractivity contribution in [1.29, 1.82) is 0 Å². The molecule has 0 unspecified atom stereocenters. The number of nitrogens with one attached hydrogen (secondary N) is 1. The first-order valence-electron chi connectivity index (χ1n) is 5.64. The predicted molar refractivity (Wildman–Crippen MR) is 60.3 cm³/mol. The third-order valence-electron chi connectivity index (χ3n) is 2.15. The van der Waals surface area contributed by atoms with Gasteiger partial charge < -0.3 is 15.1 Å². The van der Waals surface area contributed by atoms with Crippen LogP contribution < -0.4 is 5.32 Å². The summed E-state index contributed by atoms with van der Waals surface area (Å²) in [5.74, 6) is -2.02. The fourth-order valence-electron chi connectivity index (χ4n) is 1.18. The van der Waals surface area contributed by atoms with Gasteiger partial charge >= 0.3 is 12.4 Å². The highest BCUT2D eigenvalue weighted by atomic mass is 19.4. The first-order valence-corrected chi connectivity index (χ1v) is 5.64. The number of alkyl halides is 6. The van der Waals surface area contributed by atoms with E-state index < -0.39 is 50.3 Å². The molecule has 0 aromatic carbocycles. The average molecular weight is 323 g/mol. The van der Waals surface area contributed by atoms with Crippen LogP contribution in [-0.4, -0.2) is 74.2 Å². The molecule has 0 aliphatic heterocycles. The maximum atomic E-state index is 12.3. The van der Waals surface area contributed by atoms with E-state index in [1.165, 1.54) is 14.1 Å². The molecule has 0 saturated carbocycles. The molecule has 0 aliphatic carbocycles. The molecule has 0 aliphatic rings. The largest absolute Gasteiger partial charge is 0.406 e. The van der Waals surface area contributed by atoms with E-state index in [-0.39, 0.29) is 4.90 Å². The third kappa shape index (κ3) is 9.93. The monoisotopic (exact) mass is 323 g/mol. The molecular weight excluding hydrogens is 308 g/mol. The van der Waals surface area contributed by atoms with Crippen LogP contribution in [0.4, 0.5) is 26.3 Å². The lowest BCUT2D eigenvalue weighted by atomic mass is 10.4. The number of carbonyl (C=O) groups is 2. The summed E-state index contributed by atoms with van der Waals surface area (Å²) in [5, 5.41) is 1.69. The average Bonchev–Trinajstić information content (AvgIpc) is 2.23. The molecule has 0 aromatic heterocycles. The molecule has 5 nitrogen and oxygen atoms in total. The van der Waals surface area contributed by atoms with Gasteiger partial charge in [-0.15, -0.1) is 0 Å². The summed E-state index contributed by atoms with van der Waals surface area (Å²) in [6, 6.07) is 0. The Kier molecular flexibility index (Phi) is 6.94. The summed E-state index contributed by atoms with van der Waals surface area (Å²) in [5.41, 5.74) is 0. The maximum absolute atomic E-state index is 12.3. The van der Waals surface area contributed by atoms with Crippen molar-refractivity contribution in [1.82, 2.24) is 15.1 Å². The van der Waals surface area contributed by atoms with E-state index in [2.05, 4.69) is 0 Å². The molecule has 0 aromatic rings. The van der Waals surface area contributed by atoms with E-state index in [1.54, 1.807) is 5.32 Å². The summed E-state index contributed by atoms with van der Waals surface area (Å²) in [6.07, 6.45) is -9.35. The minimum Gasteiger partial charge on any atom is -0.347 e. The topological polar surface area (TPSA) is 52.7 Å². The first-order chi connectivity index (χ1) is 9.32. The number of rotatable bonds is 6. The summed E-state index contributed by atoms with van der Waals surface area (Å²) in [4.78, 5) is 24.0. The van der Waals surface area contributed by atoms with Gasteiger partial charge in [0.15, 0.2) is 0 Å². The van der Waals surface area contributed by atoms with Crippen molar-refractivity contribution in [2.75, 3.05) is 40.3 Å². The number of likely N-dealkylation sites (N-methyl/N-ethyl adjacent to an activating group) is 1. The SMILES string of the molecule is CN(C)C(=O)CN(CC(F)(F)F)C(=O)CNCC(F)(F)F. The van der Waals surface area contributed by atoms with Crippen molar-refractivity contribution < 1.29 is 35.9 Å². The molecule has 0 rings (SSSR count). The molecule has 2 amide bonds. The fourth-order valence-corrected chi connectivity index (χ4v) is 1.18. The van der Waals surface area contributed by atoms with Crippen LogP contribution in [0.2, 0.25) is 0 Å². The first kappa shape index (κ1) is 19.5. The summed E-state index contributed by atoms with van der Waals surface area (Å²) in [6.45, 7) is -5.03. The van der Waals surface area contributed by atoms with Crippen molar-refractivity contribution >= 4 is 11.8 Å². The van der Waals surface area contributed by atoms with Crippen LogP contribution >= 0.6 is 0 Å². The van der Waals surface area contributed by atoms with Gasteiger partial charge in [0, 0.05) is 14.1 Å². The highest BCUT2D eigenvalue weighted by Gasteiger charge is 2.34. The van der Waals surface area contributed by atoms with Crippen molar-refractivity contribution in [2.45, 2.75) is 12.4 Å². The Labute approximate surface area is 116 Å². The van der Waals surface area contributed by atoms with E-state index in [1.807, 2.05) is 0 Å². The van der Waals surface area contributed by atoms with Crippen LogP contribution in [0.3, 0.4) is 0 Å². The van der Waals surface area contributed by atoms with Gasteiger partial charge in [-0.1, -0.05) is 0 Å². The van der Waals surface area contributed by atoms with Gasteiger partial charge in [0.05, 0.1) is 13.1 Å². The number of carbonyl (C=O) groups excluding carboxylic acids is 2. The summed E-state index contributed by atoms with van der Waals surface area (Å²) < 4.78 is 72.5. The Balaban J connectivity index is 4.64. The summed E-state index contributed by atoms with van der Waals surface area (Å²) >= 11 is 0. The Hall–Kier alpha value is -1.52. The lowest BCUT2D eigenvalue weighted by Gasteiger charge is -2.25. The second-order valence-corrected chi connectivity index (χ2v) is 4.37. The maximum Gasteiger partial charge on any atom is 0.406 e. The molecule has 0 spiro atoms. The Morgan fingerprint density at radius 2 is 1.48 bits per heavy atom. The van der Waals surface area contributed by atoms with Gasteiger partial charge in [-0.25, -0.2) is 0 Å². The minimum atomic E-state index is -4.76. The number of hydrogen-bond donors (Lipinski definition) is 1. The fraction of sp³-hybridized carbons (Fsp3) is 0.800. The zero-order valence-electron chi connectivity index (χ0n) is 11.3. The number of nitrogens with zero attached hydrogens (tertiary/aromatic N) is 2. The Morgan fingerprint density at radius 3 is 1.86 bits per heavy atom. The van der Waals surface area contributed by atoms with E-state index in [9.17, 15) is 35.9 Å². The second kappa shape index (κ2) is 7.48. The van der Waals surface area contributed by atoms with Gasteiger partial charge in [-0.3, -0.25) is 9.59 Å². The lowest BCUT2D eigenvalue weighted by Crippen LogP contribution is -2.48. The lowest BCUT2D eigenvalue weighted by molar-refractivity contribution is -0.164. The highest BCUT2D eigenvalue weighted by molar-refractivity contribution is 5.85. The van der Waals surface area contributed by atoms with Crippen LogP contribution in [0.15, 0.2) is 0 Å². The molecule has 124 valence electrons. The van der Waals surface area contributed by atoms with Crippen LogP contribution in [0.25, 0.3) is 0 Å². The third-order valence-corrected chi connectivity index (χ3v) is 2.15. The van der Waals surface area contributed by atoms with Gasteiger partial charge in [-0.2, -0.15) is 26.3 Å². The standard InChI is InChI=1S/C10H15F6N3O2/c1-18(2)8(21)4-19(6-10(14,15)16)7(20)3-17-5-9(11,12)13/h17H,3-6H2,1-2H3. The van der Waals surface area contributed by atoms with Crippen molar-refractivity contribution in [3.63, 3.8) is 0 Å². The van der Waals surface area contributed by atoms with E-state index in [0.717, 1.165) is 4.90 Å². The molecule has 11 heteroatoms. The van der Waals surface area contributed by atoms with Crippen LogP contribution in [0.5, 0.6) is 0 Å². The van der Waals surface area contributed by atoms with E-state index in [4.69, 9.17) is 0 Å². The zero-order valence-corrected chi connectivity index (χ0v) is 11.3. The summed E-state index contributed by atoms with van der Waals surface area (Å²) in [7, 11) is 2.56. The van der Waals surface area contributed by atoms with E-state index in [0.29, 0.717) is 0 Å². The van der Waals surface area contributed by atoms with Gasteiger partial charge in [0.25, 0.3) is 0 Å². The van der Waals surface area contributed by atoms with Crippen LogP contribution in [0, 0.1) is 0 Å². The van der Waals surface area contributed by atoms with Gasteiger partial charge in [0.2, 0.25) is 11.8 Å². The van der Waals surface area contributed by atoms with Crippen LogP contribution in [-0.2, 0) is 9.59 Å². The molecule has 0 atom stereocenters. The molecule has 0 saturated heterocycles.